The van der Waals surface area contributed by atoms with Gasteiger partial charge in [-0.2, -0.15) is 0 Å². The molecule has 0 aromatic heterocycles. The van der Waals surface area contributed by atoms with E-state index in [9.17, 15) is 8.42 Å². The first-order valence-corrected chi connectivity index (χ1v) is 7.31. The SMILES string of the molecule is C=CCB1OCCN1S(=O)(=O)c1ccc(C)cc1. The van der Waals surface area contributed by atoms with Gasteiger partial charge in [0.15, 0.2) is 0 Å². The summed E-state index contributed by atoms with van der Waals surface area (Å²) in [7, 11) is -3.89. The minimum absolute atomic E-state index is 0.313. The normalized spacial score (nSPS) is 17.1. The van der Waals surface area contributed by atoms with Gasteiger partial charge in [-0.1, -0.05) is 23.8 Å². The van der Waals surface area contributed by atoms with Gasteiger partial charge in [0, 0.05) is 13.2 Å². The van der Waals surface area contributed by atoms with Gasteiger partial charge in [-0.3, -0.25) is 0 Å². The van der Waals surface area contributed by atoms with Crippen molar-refractivity contribution in [1.29, 1.82) is 0 Å². The van der Waals surface area contributed by atoms with E-state index in [0.29, 0.717) is 24.4 Å². The number of rotatable bonds is 4. The highest BCUT2D eigenvalue weighted by molar-refractivity contribution is 7.90. The van der Waals surface area contributed by atoms with E-state index in [-0.39, 0.29) is 0 Å². The van der Waals surface area contributed by atoms with Crippen molar-refractivity contribution in [2.75, 3.05) is 13.2 Å². The van der Waals surface area contributed by atoms with Crippen molar-refractivity contribution in [2.45, 2.75) is 18.1 Å². The Morgan fingerprint density at radius 2 is 2.11 bits per heavy atom. The van der Waals surface area contributed by atoms with Crippen LogP contribution >= 0.6 is 0 Å². The Hall–Kier alpha value is -1.11. The van der Waals surface area contributed by atoms with Crippen LogP contribution in [0.25, 0.3) is 0 Å². The Balaban J connectivity index is 2.30. The Morgan fingerprint density at radius 1 is 1.44 bits per heavy atom. The highest BCUT2D eigenvalue weighted by atomic mass is 32.2. The summed E-state index contributed by atoms with van der Waals surface area (Å²) in [6.07, 6.45) is 2.18. The lowest BCUT2D eigenvalue weighted by Crippen LogP contribution is -2.39. The molecule has 0 aliphatic carbocycles. The van der Waals surface area contributed by atoms with Crippen LogP contribution in [0, 0.1) is 6.92 Å². The molecule has 6 heteroatoms. The zero-order valence-corrected chi connectivity index (χ0v) is 11.2. The molecule has 1 fully saturated rings. The molecule has 0 unspecified atom stereocenters. The largest absolute Gasteiger partial charge is 0.419 e. The summed E-state index contributed by atoms with van der Waals surface area (Å²) in [6.45, 7) is 6.38. The molecule has 0 radical (unpaired) electrons. The molecule has 0 bridgehead atoms. The number of sulfonamides is 1. The molecule has 1 aliphatic heterocycles. The van der Waals surface area contributed by atoms with E-state index in [1.165, 1.54) is 4.22 Å². The van der Waals surface area contributed by atoms with Crippen LogP contribution in [0.4, 0.5) is 0 Å². The molecule has 1 aliphatic rings. The summed E-state index contributed by atoms with van der Waals surface area (Å²) in [5.41, 5.74) is 1.04. The highest BCUT2D eigenvalue weighted by Crippen LogP contribution is 2.22. The zero-order valence-electron chi connectivity index (χ0n) is 10.4. The Kier molecular flexibility index (Phi) is 3.89. The summed E-state index contributed by atoms with van der Waals surface area (Å²) in [4.78, 5) is 0.313. The van der Waals surface area contributed by atoms with Crippen LogP contribution in [0.15, 0.2) is 41.8 Å². The minimum Gasteiger partial charge on any atom is -0.419 e. The molecule has 18 heavy (non-hydrogen) atoms. The second-order valence-electron chi connectivity index (χ2n) is 4.28. The number of benzene rings is 1. The lowest BCUT2D eigenvalue weighted by Gasteiger charge is -2.18. The molecule has 0 atom stereocenters. The third-order valence-electron chi connectivity index (χ3n) is 2.94. The second kappa shape index (κ2) is 5.26. The average Bonchev–Trinajstić information content (AvgIpc) is 2.79. The van der Waals surface area contributed by atoms with Gasteiger partial charge >= 0.3 is 7.05 Å². The maximum atomic E-state index is 12.4. The summed E-state index contributed by atoms with van der Waals surface area (Å²) >= 11 is 0. The van der Waals surface area contributed by atoms with Gasteiger partial charge < -0.3 is 4.65 Å². The molecule has 4 nitrogen and oxygen atoms in total. The average molecular weight is 265 g/mol. The number of aryl methyl sites for hydroxylation is 1. The highest BCUT2D eigenvalue weighted by Gasteiger charge is 2.39. The Labute approximate surface area is 108 Å². The molecule has 1 saturated heterocycles. The third kappa shape index (κ3) is 2.50. The molecular weight excluding hydrogens is 249 g/mol. The summed E-state index contributed by atoms with van der Waals surface area (Å²) in [6, 6.07) is 6.86. The first kappa shape index (κ1) is 13.3. The molecular formula is C12H16BNO3S. The smallest absolute Gasteiger partial charge is 0.400 e. The number of hydrogen-bond donors (Lipinski definition) is 0. The van der Waals surface area contributed by atoms with Gasteiger partial charge in [-0.15, -0.1) is 6.58 Å². The van der Waals surface area contributed by atoms with E-state index in [1.807, 2.05) is 6.92 Å². The predicted molar refractivity (Wildman–Crippen MR) is 71.8 cm³/mol. The van der Waals surface area contributed by atoms with Crippen molar-refractivity contribution in [3.8, 4) is 0 Å². The van der Waals surface area contributed by atoms with Gasteiger partial charge in [0.05, 0.1) is 4.90 Å². The molecule has 0 spiro atoms. The van der Waals surface area contributed by atoms with Crippen molar-refractivity contribution >= 4 is 17.1 Å². The zero-order chi connectivity index (χ0) is 13.2. The van der Waals surface area contributed by atoms with Crippen LogP contribution in [0.3, 0.4) is 0 Å². The molecule has 1 aromatic carbocycles. The van der Waals surface area contributed by atoms with E-state index >= 15 is 0 Å². The van der Waals surface area contributed by atoms with E-state index < -0.39 is 17.1 Å². The first-order chi connectivity index (χ1) is 8.55. The van der Waals surface area contributed by atoms with Gasteiger partial charge in [-0.25, -0.2) is 12.6 Å². The standard InChI is InChI=1S/C12H16BNO3S/c1-3-8-13-14(9-10-17-13)18(15,16)12-6-4-11(2)5-7-12/h3-7H,1,8-10H2,2H3. The molecule has 96 valence electrons. The Bertz CT molecular complexity index is 527. The topological polar surface area (TPSA) is 46.6 Å². The molecule has 0 N–H and O–H groups in total. The maximum Gasteiger partial charge on any atom is 0.400 e. The van der Waals surface area contributed by atoms with Crippen LogP contribution in [0.1, 0.15) is 5.56 Å². The first-order valence-electron chi connectivity index (χ1n) is 5.86. The third-order valence-corrected chi connectivity index (χ3v) is 4.84. The van der Waals surface area contributed by atoms with Crippen molar-refractivity contribution in [2.24, 2.45) is 0 Å². The van der Waals surface area contributed by atoms with Crippen LogP contribution < -0.4 is 0 Å². The van der Waals surface area contributed by atoms with Crippen molar-refractivity contribution in [3.05, 3.63) is 42.5 Å². The van der Waals surface area contributed by atoms with E-state index in [4.69, 9.17) is 4.65 Å². The molecule has 0 saturated carbocycles. The van der Waals surface area contributed by atoms with Crippen LogP contribution in [0.5, 0.6) is 0 Å². The maximum absolute atomic E-state index is 12.4. The second-order valence-corrected chi connectivity index (χ2v) is 6.17. The number of nitrogens with zero attached hydrogens (tertiary/aromatic N) is 1. The van der Waals surface area contributed by atoms with Gasteiger partial charge in [0.2, 0.25) is 10.0 Å². The summed E-state index contributed by atoms with van der Waals surface area (Å²) in [5, 5.41) is 0. The van der Waals surface area contributed by atoms with Crippen LogP contribution in [0.2, 0.25) is 6.32 Å². The molecule has 1 aromatic rings. The molecule has 0 amide bonds. The fraction of sp³-hybridized carbons (Fsp3) is 0.333. The van der Waals surface area contributed by atoms with E-state index in [2.05, 4.69) is 6.58 Å². The van der Waals surface area contributed by atoms with Gasteiger partial charge in [-0.05, 0) is 25.4 Å². The van der Waals surface area contributed by atoms with Gasteiger partial charge in [0.25, 0.3) is 0 Å². The number of allylic oxidation sites excluding steroid dienone is 1. The summed E-state index contributed by atoms with van der Waals surface area (Å²) in [5.74, 6) is 0. The number of hydrogen-bond acceptors (Lipinski definition) is 3. The fourth-order valence-corrected chi connectivity index (χ4v) is 3.48. The summed E-state index contributed by atoms with van der Waals surface area (Å²) < 4.78 is 31.7. The van der Waals surface area contributed by atoms with Crippen molar-refractivity contribution in [3.63, 3.8) is 0 Å². The fourth-order valence-electron chi connectivity index (χ4n) is 1.95. The molecule has 1 heterocycles. The van der Waals surface area contributed by atoms with Crippen molar-refractivity contribution in [1.82, 2.24) is 4.22 Å². The van der Waals surface area contributed by atoms with Crippen molar-refractivity contribution < 1.29 is 13.1 Å². The lowest BCUT2D eigenvalue weighted by atomic mass is 9.80. The molecule has 2 rings (SSSR count). The monoisotopic (exact) mass is 265 g/mol. The lowest BCUT2D eigenvalue weighted by molar-refractivity contribution is 0.371. The predicted octanol–water partition coefficient (Wildman–Crippen LogP) is 1.69. The van der Waals surface area contributed by atoms with Gasteiger partial charge in [0.1, 0.15) is 0 Å². The minimum atomic E-state index is -3.47. The van der Waals surface area contributed by atoms with Crippen LogP contribution in [-0.4, -0.2) is 32.8 Å². The quantitative estimate of drug-likeness (QED) is 0.614. The van der Waals surface area contributed by atoms with E-state index in [1.54, 1.807) is 30.3 Å². The Morgan fingerprint density at radius 3 is 2.72 bits per heavy atom. The van der Waals surface area contributed by atoms with E-state index in [0.717, 1.165) is 5.56 Å². The van der Waals surface area contributed by atoms with Crippen LogP contribution in [-0.2, 0) is 14.7 Å².